The number of hydrogen-bond donors (Lipinski definition) is 1. The number of benzene rings is 1. The van der Waals surface area contributed by atoms with Crippen LogP contribution in [0.1, 0.15) is 11.3 Å². The fourth-order valence-corrected chi connectivity index (χ4v) is 1.76. The van der Waals surface area contributed by atoms with Gasteiger partial charge in [0, 0.05) is 29.6 Å². The molecule has 2 aromatic rings. The Hall–Kier alpha value is -1.87. The first-order valence-corrected chi connectivity index (χ1v) is 5.54. The molecular weight excluding hydrogens is 212 g/mol. The predicted octanol–water partition coefficient (Wildman–Crippen LogP) is 2.52. The Bertz CT molecular complexity index is 506. The van der Waals surface area contributed by atoms with Gasteiger partial charge in [0.25, 0.3) is 0 Å². The van der Waals surface area contributed by atoms with Crippen LogP contribution in [0.5, 0.6) is 5.75 Å². The van der Waals surface area contributed by atoms with E-state index in [0.717, 1.165) is 28.1 Å². The van der Waals surface area contributed by atoms with E-state index in [0.29, 0.717) is 6.54 Å². The largest absolute Gasteiger partial charge is 0.496 e. The average molecular weight is 228 g/mol. The summed E-state index contributed by atoms with van der Waals surface area (Å²) in [6, 6.07) is 10.1. The number of pyridine rings is 1. The Morgan fingerprint density at radius 2 is 1.94 bits per heavy atom. The van der Waals surface area contributed by atoms with Crippen LogP contribution in [0.25, 0.3) is 11.1 Å². The van der Waals surface area contributed by atoms with Crippen molar-refractivity contribution in [1.29, 1.82) is 0 Å². The zero-order chi connectivity index (χ0) is 12.3. The Morgan fingerprint density at radius 3 is 2.53 bits per heavy atom. The van der Waals surface area contributed by atoms with E-state index in [1.807, 2.05) is 37.4 Å². The van der Waals surface area contributed by atoms with E-state index in [2.05, 4.69) is 11.1 Å². The second-order valence-electron chi connectivity index (χ2n) is 3.92. The third-order valence-electron chi connectivity index (χ3n) is 2.75. The SMILES string of the molecule is COc1ccc(-c2ccc(C)nc2)cc1CN. The summed E-state index contributed by atoms with van der Waals surface area (Å²) in [6.45, 7) is 2.44. The molecule has 1 aromatic heterocycles. The topological polar surface area (TPSA) is 48.1 Å². The van der Waals surface area contributed by atoms with Gasteiger partial charge >= 0.3 is 0 Å². The van der Waals surface area contributed by atoms with Crippen LogP contribution in [0.3, 0.4) is 0 Å². The standard InChI is InChI=1S/C14H16N2O/c1-10-3-4-12(9-16-10)11-5-6-14(17-2)13(7-11)8-15/h3-7,9H,8,15H2,1-2H3. The number of rotatable bonds is 3. The molecular formula is C14H16N2O. The van der Waals surface area contributed by atoms with Crippen LogP contribution in [0.4, 0.5) is 0 Å². The molecule has 1 aromatic carbocycles. The molecule has 0 radical (unpaired) electrons. The molecule has 0 bridgehead atoms. The molecule has 0 spiro atoms. The molecule has 0 saturated carbocycles. The van der Waals surface area contributed by atoms with Crippen molar-refractivity contribution < 1.29 is 4.74 Å². The van der Waals surface area contributed by atoms with Gasteiger partial charge in [-0.05, 0) is 30.7 Å². The van der Waals surface area contributed by atoms with Crippen molar-refractivity contribution >= 4 is 0 Å². The summed E-state index contributed by atoms with van der Waals surface area (Å²) in [6.07, 6.45) is 1.87. The summed E-state index contributed by atoms with van der Waals surface area (Å²) in [4.78, 5) is 4.29. The van der Waals surface area contributed by atoms with E-state index < -0.39 is 0 Å². The maximum atomic E-state index is 5.70. The monoisotopic (exact) mass is 228 g/mol. The molecule has 1 heterocycles. The Kier molecular flexibility index (Phi) is 3.40. The van der Waals surface area contributed by atoms with E-state index in [-0.39, 0.29) is 0 Å². The normalized spacial score (nSPS) is 10.3. The van der Waals surface area contributed by atoms with Gasteiger partial charge in [0.05, 0.1) is 7.11 Å². The Morgan fingerprint density at radius 1 is 1.18 bits per heavy atom. The first-order valence-electron chi connectivity index (χ1n) is 5.54. The van der Waals surface area contributed by atoms with E-state index in [1.165, 1.54) is 0 Å². The highest BCUT2D eigenvalue weighted by atomic mass is 16.5. The van der Waals surface area contributed by atoms with Crippen LogP contribution in [0.2, 0.25) is 0 Å². The highest BCUT2D eigenvalue weighted by Crippen LogP contribution is 2.25. The zero-order valence-corrected chi connectivity index (χ0v) is 10.1. The molecule has 0 atom stereocenters. The van der Waals surface area contributed by atoms with E-state index in [1.54, 1.807) is 7.11 Å². The number of nitrogens with zero attached hydrogens (tertiary/aromatic N) is 1. The fraction of sp³-hybridized carbons (Fsp3) is 0.214. The molecule has 2 N–H and O–H groups in total. The molecule has 0 saturated heterocycles. The highest BCUT2D eigenvalue weighted by molar-refractivity contribution is 5.65. The van der Waals surface area contributed by atoms with Crippen LogP contribution in [0, 0.1) is 6.92 Å². The minimum Gasteiger partial charge on any atom is -0.496 e. The van der Waals surface area contributed by atoms with Gasteiger partial charge in [-0.15, -0.1) is 0 Å². The summed E-state index contributed by atoms with van der Waals surface area (Å²) in [5, 5.41) is 0. The smallest absolute Gasteiger partial charge is 0.123 e. The summed E-state index contributed by atoms with van der Waals surface area (Å²) >= 11 is 0. The van der Waals surface area contributed by atoms with Gasteiger partial charge in [-0.3, -0.25) is 4.98 Å². The van der Waals surface area contributed by atoms with Crippen molar-refractivity contribution in [2.75, 3.05) is 7.11 Å². The van der Waals surface area contributed by atoms with Crippen LogP contribution in [-0.2, 0) is 6.54 Å². The number of ether oxygens (including phenoxy) is 1. The van der Waals surface area contributed by atoms with Crippen molar-refractivity contribution in [1.82, 2.24) is 4.98 Å². The minimum atomic E-state index is 0.469. The lowest BCUT2D eigenvalue weighted by molar-refractivity contribution is 0.410. The van der Waals surface area contributed by atoms with Gasteiger partial charge in [0.1, 0.15) is 5.75 Å². The Labute approximate surface area is 101 Å². The fourth-order valence-electron chi connectivity index (χ4n) is 1.76. The van der Waals surface area contributed by atoms with E-state index in [9.17, 15) is 0 Å². The molecule has 17 heavy (non-hydrogen) atoms. The van der Waals surface area contributed by atoms with Crippen molar-refractivity contribution in [2.45, 2.75) is 13.5 Å². The third kappa shape index (κ3) is 2.45. The molecule has 3 nitrogen and oxygen atoms in total. The van der Waals surface area contributed by atoms with Crippen molar-refractivity contribution in [3.63, 3.8) is 0 Å². The summed E-state index contributed by atoms with van der Waals surface area (Å²) < 4.78 is 5.25. The van der Waals surface area contributed by atoms with Gasteiger partial charge in [0.2, 0.25) is 0 Å². The van der Waals surface area contributed by atoms with Gasteiger partial charge < -0.3 is 10.5 Å². The predicted molar refractivity (Wildman–Crippen MR) is 68.9 cm³/mol. The summed E-state index contributed by atoms with van der Waals surface area (Å²) in [5.74, 6) is 0.830. The molecule has 3 heteroatoms. The van der Waals surface area contributed by atoms with E-state index >= 15 is 0 Å². The summed E-state index contributed by atoms with van der Waals surface area (Å²) in [5.41, 5.74) is 9.92. The van der Waals surface area contributed by atoms with Crippen molar-refractivity contribution in [3.8, 4) is 16.9 Å². The molecule has 0 unspecified atom stereocenters. The first kappa shape index (κ1) is 11.6. The molecule has 0 aliphatic carbocycles. The second kappa shape index (κ2) is 4.97. The number of aryl methyl sites for hydroxylation is 1. The Balaban J connectivity index is 2.42. The minimum absolute atomic E-state index is 0.469. The highest BCUT2D eigenvalue weighted by Gasteiger charge is 2.04. The number of hydrogen-bond acceptors (Lipinski definition) is 3. The number of methoxy groups -OCH3 is 1. The van der Waals surface area contributed by atoms with Crippen molar-refractivity contribution in [3.05, 3.63) is 47.8 Å². The molecule has 88 valence electrons. The lowest BCUT2D eigenvalue weighted by Crippen LogP contribution is -2.00. The molecule has 0 amide bonds. The molecule has 0 fully saturated rings. The van der Waals surface area contributed by atoms with Crippen LogP contribution in [-0.4, -0.2) is 12.1 Å². The second-order valence-corrected chi connectivity index (χ2v) is 3.92. The average Bonchev–Trinajstić information content (AvgIpc) is 2.39. The van der Waals surface area contributed by atoms with Gasteiger partial charge in [-0.1, -0.05) is 12.1 Å². The molecule has 0 aliphatic heterocycles. The summed E-state index contributed by atoms with van der Waals surface area (Å²) in [7, 11) is 1.65. The first-order chi connectivity index (χ1) is 8.24. The quantitative estimate of drug-likeness (QED) is 0.878. The zero-order valence-electron chi connectivity index (χ0n) is 10.1. The lowest BCUT2D eigenvalue weighted by atomic mass is 10.0. The van der Waals surface area contributed by atoms with Gasteiger partial charge in [-0.2, -0.15) is 0 Å². The van der Waals surface area contributed by atoms with Crippen molar-refractivity contribution in [2.24, 2.45) is 5.73 Å². The van der Waals surface area contributed by atoms with E-state index in [4.69, 9.17) is 10.5 Å². The maximum absolute atomic E-state index is 5.70. The number of nitrogens with two attached hydrogens (primary N) is 1. The lowest BCUT2D eigenvalue weighted by Gasteiger charge is -2.09. The maximum Gasteiger partial charge on any atom is 0.123 e. The van der Waals surface area contributed by atoms with Crippen LogP contribution >= 0.6 is 0 Å². The molecule has 2 rings (SSSR count). The van der Waals surface area contributed by atoms with Crippen LogP contribution < -0.4 is 10.5 Å². The third-order valence-corrected chi connectivity index (χ3v) is 2.75. The molecule has 0 aliphatic rings. The van der Waals surface area contributed by atoms with Crippen LogP contribution in [0.15, 0.2) is 36.5 Å². The van der Waals surface area contributed by atoms with Gasteiger partial charge in [0.15, 0.2) is 0 Å². The number of aromatic nitrogens is 1. The van der Waals surface area contributed by atoms with Gasteiger partial charge in [-0.25, -0.2) is 0 Å².